The molecule has 0 aliphatic carbocycles. The molecular weight excluding hydrogens is 250 g/mol. The fourth-order valence-corrected chi connectivity index (χ4v) is 2.15. The van der Waals surface area contributed by atoms with E-state index in [-0.39, 0.29) is 5.91 Å². The highest BCUT2D eigenvalue weighted by Crippen LogP contribution is 2.30. The molecular formula is C17H13NO2. The lowest BCUT2D eigenvalue weighted by atomic mass is 10.1. The van der Waals surface area contributed by atoms with Crippen molar-refractivity contribution in [1.82, 2.24) is 5.32 Å². The Morgan fingerprint density at radius 1 is 1.15 bits per heavy atom. The maximum atomic E-state index is 10.8. The van der Waals surface area contributed by atoms with Gasteiger partial charge in [0.05, 0.1) is 12.1 Å². The van der Waals surface area contributed by atoms with Gasteiger partial charge in [0, 0.05) is 17.7 Å². The number of para-hydroxylation sites is 2. The first-order valence-electron chi connectivity index (χ1n) is 6.39. The maximum absolute atomic E-state index is 10.8. The molecule has 20 heavy (non-hydrogen) atoms. The monoisotopic (exact) mass is 263 g/mol. The standard InChI is InChI=1S/C17H13NO2/c1-12(19)18-11-5-7-13-6-4-9-15-14-8-2-3-10-16(14)20-17(13)15/h2-4,6,8-10H,11H2,1H3,(H,18,19). The Kier molecular flexibility index (Phi) is 3.14. The summed E-state index contributed by atoms with van der Waals surface area (Å²) in [5, 5.41) is 4.80. The van der Waals surface area contributed by atoms with Crippen molar-refractivity contribution in [3.8, 4) is 11.8 Å². The SMILES string of the molecule is CC(=O)NCC#Cc1cccc2c1oc1ccccc12. The van der Waals surface area contributed by atoms with Crippen LogP contribution in [0.2, 0.25) is 0 Å². The molecule has 3 nitrogen and oxygen atoms in total. The molecule has 98 valence electrons. The second-order valence-electron chi connectivity index (χ2n) is 4.49. The zero-order valence-electron chi connectivity index (χ0n) is 11.1. The molecule has 3 aromatic rings. The molecule has 0 aliphatic rings. The van der Waals surface area contributed by atoms with Gasteiger partial charge in [0.1, 0.15) is 5.58 Å². The summed E-state index contributed by atoms with van der Waals surface area (Å²) >= 11 is 0. The van der Waals surface area contributed by atoms with Crippen molar-refractivity contribution in [2.75, 3.05) is 6.54 Å². The Balaban J connectivity index is 2.05. The molecule has 1 heterocycles. The van der Waals surface area contributed by atoms with Crippen molar-refractivity contribution < 1.29 is 9.21 Å². The number of hydrogen-bond acceptors (Lipinski definition) is 2. The van der Waals surface area contributed by atoms with Gasteiger partial charge in [0.15, 0.2) is 5.58 Å². The molecule has 0 saturated heterocycles. The molecule has 0 bridgehead atoms. The van der Waals surface area contributed by atoms with Crippen molar-refractivity contribution in [2.45, 2.75) is 6.92 Å². The summed E-state index contributed by atoms with van der Waals surface area (Å²) in [6.45, 7) is 1.81. The number of hydrogen-bond donors (Lipinski definition) is 1. The van der Waals surface area contributed by atoms with Gasteiger partial charge >= 0.3 is 0 Å². The molecule has 1 aromatic heterocycles. The first-order valence-corrected chi connectivity index (χ1v) is 6.39. The lowest BCUT2D eigenvalue weighted by Gasteiger charge is -1.93. The van der Waals surface area contributed by atoms with Crippen LogP contribution in [0.3, 0.4) is 0 Å². The van der Waals surface area contributed by atoms with E-state index < -0.39 is 0 Å². The zero-order chi connectivity index (χ0) is 13.9. The van der Waals surface area contributed by atoms with E-state index in [1.807, 2.05) is 42.5 Å². The van der Waals surface area contributed by atoms with E-state index in [1.54, 1.807) is 0 Å². The summed E-state index contributed by atoms with van der Waals surface area (Å²) < 4.78 is 5.87. The average molecular weight is 263 g/mol. The predicted octanol–water partition coefficient (Wildman–Crippen LogP) is 3.07. The number of rotatable bonds is 1. The van der Waals surface area contributed by atoms with Crippen LogP contribution in [0.5, 0.6) is 0 Å². The Bertz CT molecular complexity index is 849. The van der Waals surface area contributed by atoms with Crippen LogP contribution >= 0.6 is 0 Å². The summed E-state index contributed by atoms with van der Waals surface area (Å²) in [7, 11) is 0. The molecule has 0 radical (unpaired) electrons. The van der Waals surface area contributed by atoms with E-state index >= 15 is 0 Å². The Hall–Kier alpha value is -2.73. The van der Waals surface area contributed by atoms with E-state index in [0.717, 1.165) is 27.5 Å². The minimum Gasteiger partial charge on any atom is -0.455 e. The van der Waals surface area contributed by atoms with Crippen LogP contribution in [0.25, 0.3) is 21.9 Å². The molecule has 0 spiro atoms. The van der Waals surface area contributed by atoms with Crippen LogP contribution in [0.1, 0.15) is 12.5 Å². The van der Waals surface area contributed by atoms with Crippen molar-refractivity contribution in [1.29, 1.82) is 0 Å². The summed E-state index contributed by atoms with van der Waals surface area (Å²) in [5.41, 5.74) is 2.49. The normalized spacial score (nSPS) is 10.2. The second kappa shape index (κ2) is 5.10. The summed E-state index contributed by atoms with van der Waals surface area (Å²) in [6, 6.07) is 13.8. The third-order valence-electron chi connectivity index (χ3n) is 3.05. The number of furan rings is 1. The summed E-state index contributed by atoms with van der Waals surface area (Å²) in [4.78, 5) is 10.8. The molecule has 0 fully saturated rings. The first kappa shape index (κ1) is 12.3. The fourth-order valence-electron chi connectivity index (χ4n) is 2.15. The number of benzene rings is 2. The van der Waals surface area contributed by atoms with Crippen molar-refractivity contribution in [2.24, 2.45) is 0 Å². The van der Waals surface area contributed by atoms with Gasteiger partial charge in [-0.3, -0.25) is 4.79 Å². The molecule has 3 heteroatoms. The molecule has 1 N–H and O–H groups in total. The van der Waals surface area contributed by atoms with Crippen LogP contribution in [-0.4, -0.2) is 12.5 Å². The smallest absolute Gasteiger partial charge is 0.217 e. The predicted molar refractivity (Wildman–Crippen MR) is 79.3 cm³/mol. The van der Waals surface area contributed by atoms with E-state index in [1.165, 1.54) is 6.92 Å². The molecule has 2 aromatic carbocycles. The largest absolute Gasteiger partial charge is 0.455 e. The summed E-state index contributed by atoms with van der Waals surface area (Å²) in [6.07, 6.45) is 0. The van der Waals surface area contributed by atoms with Crippen molar-refractivity contribution >= 4 is 27.8 Å². The van der Waals surface area contributed by atoms with E-state index in [0.29, 0.717) is 6.54 Å². The van der Waals surface area contributed by atoms with Crippen LogP contribution < -0.4 is 5.32 Å². The Labute approximate surface area is 116 Å². The first-order chi connectivity index (χ1) is 9.75. The lowest BCUT2D eigenvalue weighted by molar-refractivity contribution is -0.118. The highest BCUT2D eigenvalue weighted by atomic mass is 16.3. The van der Waals surface area contributed by atoms with E-state index in [4.69, 9.17) is 4.42 Å². The van der Waals surface area contributed by atoms with Crippen molar-refractivity contribution in [3.05, 3.63) is 48.0 Å². The fraction of sp³-hybridized carbons (Fsp3) is 0.118. The molecule has 3 rings (SSSR count). The highest BCUT2D eigenvalue weighted by molar-refractivity contribution is 6.06. The van der Waals surface area contributed by atoms with Crippen LogP contribution in [0.15, 0.2) is 46.9 Å². The Morgan fingerprint density at radius 2 is 1.95 bits per heavy atom. The average Bonchev–Trinajstić information content (AvgIpc) is 2.83. The van der Waals surface area contributed by atoms with Gasteiger partial charge in [0.2, 0.25) is 5.91 Å². The molecule has 1 amide bonds. The molecule has 0 unspecified atom stereocenters. The van der Waals surface area contributed by atoms with Gasteiger partial charge in [-0.05, 0) is 12.1 Å². The number of amides is 1. The van der Waals surface area contributed by atoms with Crippen LogP contribution in [0, 0.1) is 11.8 Å². The number of carbonyl (C=O) groups is 1. The zero-order valence-corrected chi connectivity index (χ0v) is 11.1. The van der Waals surface area contributed by atoms with Gasteiger partial charge in [-0.2, -0.15) is 0 Å². The van der Waals surface area contributed by atoms with Crippen LogP contribution in [-0.2, 0) is 4.79 Å². The molecule has 0 atom stereocenters. The van der Waals surface area contributed by atoms with Gasteiger partial charge in [-0.25, -0.2) is 0 Å². The highest BCUT2D eigenvalue weighted by Gasteiger charge is 2.08. The third kappa shape index (κ3) is 2.24. The molecule has 0 aliphatic heterocycles. The quantitative estimate of drug-likeness (QED) is 0.685. The van der Waals surface area contributed by atoms with Gasteiger partial charge in [0.25, 0.3) is 0 Å². The topological polar surface area (TPSA) is 42.2 Å². The Morgan fingerprint density at radius 3 is 2.80 bits per heavy atom. The number of fused-ring (bicyclic) bond motifs is 3. The van der Waals surface area contributed by atoms with E-state index in [2.05, 4.69) is 17.2 Å². The van der Waals surface area contributed by atoms with Gasteiger partial charge in [-0.15, -0.1) is 0 Å². The van der Waals surface area contributed by atoms with Crippen LogP contribution in [0.4, 0.5) is 0 Å². The van der Waals surface area contributed by atoms with Crippen molar-refractivity contribution in [3.63, 3.8) is 0 Å². The second-order valence-corrected chi connectivity index (χ2v) is 4.49. The number of nitrogens with one attached hydrogen (secondary N) is 1. The minimum absolute atomic E-state index is 0.0822. The van der Waals surface area contributed by atoms with Gasteiger partial charge < -0.3 is 9.73 Å². The van der Waals surface area contributed by atoms with E-state index in [9.17, 15) is 4.79 Å². The number of carbonyl (C=O) groups excluding carboxylic acids is 1. The third-order valence-corrected chi connectivity index (χ3v) is 3.05. The molecule has 0 saturated carbocycles. The lowest BCUT2D eigenvalue weighted by Crippen LogP contribution is -2.19. The minimum atomic E-state index is -0.0822. The summed E-state index contributed by atoms with van der Waals surface area (Å²) in [5.74, 6) is 5.89. The maximum Gasteiger partial charge on any atom is 0.217 e. The van der Waals surface area contributed by atoms with Gasteiger partial charge in [-0.1, -0.05) is 42.2 Å².